The van der Waals surface area contributed by atoms with E-state index in [2.05, 4.69) is 11.1 Å². The van der Waals surface area contributed by atoms with Crippen LogP contribution in [-0.2, 0) is 13.2 Å². The lowest BCUT2D eigenvalue weighted by atomic mass is 10.3. The van der Waals surface area contributed by atoms with E-state index in [0.717, 1.165) is 28.4 Å². The van der Waals surface area contributed by atoms with Gasteiger partial charge >= 0.3 is 0 Å². The van der Waals surface area contributed by atoms with E-state index in [-0.39, 0.29) is 0 Å². The van der Waals surface area contributed by atoms with E-state index in [9.17, 15) is 0 Å². The predicted octanol–water partition coefficient (Wildman–Crippen LogP) is 3.93. The number of para-hydroxylation sites is 2. The molecule has 0 aliphatic rings. The first-order valence-corrected chi connectivity index (χ1v) is 7.98. The Morgan fingerprint density at radius 1 is 1.04 bits per heavy atom. The maximum atomic E-state index is 8.88. The highest BCUT2D eigenvalue weighted by Gasteiger charge is 2.10. The molecule has 5 heteroatoms. The lowest BCUT2D eigenvalue weighted by Crippen LogP contribution is -2.07. The highest BCUT2D eigenvalue weighted by molar-refractivity contribution is 5.75. The van der Waals surface area contributed by atoms with Gasteiger partial charge in [0.1, 0.15) is 23.9 Å². The second-order valence-electron chi connectivity index (χ2n) is 5.27. The SMILES string of the molecule is CCOc1ccc(OCc2nc3ccccc3n2CCC#N)cc1. The number of nitriles is 1. The first kappa shape index (κ1) is 15.9. The Kier molecular flexibility index (Phi) is 4.97. The summed E-state index contributed by atoms with van der Waals surface area (Å²) >= 11 is 0. The van der Waals surface area contributed by atoms with Crippen molar-refractivity contribution < 1.29 is 9.47 Å². The molecular formula is C19H19N3O2. The van der Waals surface area contributed by atoms with Gasteiger partial charge in [0.15, 0.2) is 0 Å². The van der Waals surface area contributed by atoms with E-state index in [1.54, 1.807) is 0 Å². The van der Waals surface area contributed by atoms with Gasteiger partial charge in [0, 0.05) is 6.54 Å². The molecule has 1 aromatic heterocycles. The molecule has 0 unspecified atom stereocenters. The molecule has 1 heterocycles. The van der Waals surface area contributed by atoms with E-state index in [1.807, 2.05) is 60.0 Å². The fraction of sp³-hybridized carbons (Fsp3) is 0.263. The Morgan fingerprint density at radius 3 is 2.46 bits per heavy atom. The molecule has 0 radical (unpaired) electrons. The molecule has 5 nitrogen and oxygen atoms in total. The summed E-state index contributed by atoms with van der Waals surface area (Å²) in [7, 11) is 0. The summed E-state index contributed by atoms with van der Waals surface area (Å²) in [5.74, 6) is 2.41. The number of nitrogens with zero attached hydrogens (tertiary/aromatic N) is 3. The molecule has 24 heavy (non-hydrogen) atoms. The fourth-order valence-electron chi connectivity index (χ4n) is 2.59. The molecule has 0 spiro atoms. The zero-order valence-electron chi connectivity index (χ0n) is 13.6. The topological polar surface area (TPSA) is 60.1 Å². The number of aromatic nitrogens is 2. The van der Waals surface area contributed by atoms with Gasteiger partial charge in [-0.2, -0.15) is 5.26 Å². The van der Waals surface area contributed by atoms with Gasteiger partial charge in [-0.3, -0.25) is 0 Å². The van der Waals surface area contributed by atoms with Crippen LogP contribution in [0.1, 0.15) is 19.2 Å². The van der Waals surface area contributed by atoms with Gasteiger partial charge in [-0.15, -0.1) is 0 Å². The van der Waals surface area contributed by atoms with Crippen molar-refractivity contribution in [3.63, 3.8) is 0 Å². The Morgan fingerprint density at radius 2 is 1.75 bits per heavy atom. The van der Waals surface area contributed by atoms with Crippen LogP contribution in [0, 0.1) is 11.3 Å². The Labute approximate surface area is 141 Å². The van der Waals surface area contributed by atoms with Crippen molar-refractivity contribution in [2.45, 2.75) is 26.5 Å². The maximum absolute atomic E-state index is 8.88. The smallest absolute Gasteiger partial charge is 0.148 e. The van der Waals surface area contributed by atoms with Gasteiger partial charge < -0.3 is 14.0 Å². The lowest BCUT2D eigenvalue weighted by molar-refractivity contribution is 0.289. The van der Waals surface area contributed by atoms with Gasteiger partial charge in [-0.25, -0.2) is 4.98 Å². The lowest BCUT2D eigenvalue weighted by Gasteiger charge is -2.09. The molecule has 0 atom stereocenters. The standard InChI is InChI=1S/C19H19N3O2/c1-2-23-15-8-10-16(11-9-15)24-14-19-21-17-6-3-4-7-18(17)22(19)13-5-12-20/h3-4,6-11H,2,5,13-14H2,1H3. The van der Waals surface area contributed by atoms with Crippen molar-refractivity contribution in [2.75, 3.05) is 6.61 Å². The minimum absolute atomic E-state index is 0.355. The summed E-state index contributed by atoms with van der Waals surface area (Å²) in [6, 6.07) is 17.6. The Hall–Kier alpha value is -3.00. The number of aryl methyl sites for hydroxylation is 1. The minimum Gasteiger partial charge on any atom is -0.494 e. The van der Waals surface area contributed by atoms with Gasteiger partial charge in [0.25, 0.3) is 0 Å². The van der Waals surface area contributed by atoms with Crippen LogP contribution in [0.3, 0.4) is 0 Å². The van der Waals surface area contributed by atoms with Crippen molar-refractivity contribution in [3.05, 3.63) is 54.4 Å². The predicted molar refractivity (Wildman–Crippen MR) is 91.9 cm³/mol. The van der Waals surface area contributed by atoms with Gasteiger partial charge in [-0.1, -0.05) is 12.1 Å². The van der Waals surface area contributed by atoms with Crippen LogP contribution in [0.4, 0.5) is 0 Å². The average Bonchev–Trinajstić information content (AvgIpc) is 2.97. The second kappa shape index (κ2) is 7.51. The summed E-state index contributed by atoms with van der Waals surface area (Å²) < 4.78 is 13.3. The molecule has 0 bridgehead atoms. The summed E-state index contributed by atoms with van der Waals surface area (Å²) in [4.78, 5) is 4.63. The van der Waals surface area contributed by atoms with Crippen LogP contribution < -0.4 is 9.47 Å². The molecule has 0 saturated heterocycles. The molecule has 3 aromatic rings. The average molecular weight is 321 g/mol. The zero-order valence-corrected chi connectivity index (χ0v) is 13.6. The second-order valence-corrected chi connectivity index (χ2v) is 5.27. The van der Waals surface area contributed by atoms with Crippen LogP contribution in [0.5, 0.6) is 11.5 Å². The number of fused-ring (bicyclic) bond motifs is 1. The highest BCUT2D eigenvalue weighted by Crippen LogP contribution is 2.21. The molecule has 0 aliphatic carbocycles. The van der Waals surface area contributed by atoms with E-state index in [0.29, 0.717) is 26.2 Å². The monoisotopic (exact) mass is 321 g/mol. The number of rotatable bonds is 7. The number of ether oxygens (including phenoxy) is 2. The third-order valence-corrected chi connectivity index (χ3v) is 3.68. The molecule has 0 saturated carbocycles. The van der Waals surface area contributed by atoms with E-state index >= 15 is 0 Å². The summed E-state index contributed by atoms with van der Waals surface area (Å²) in [5, 5.41) is 8.88. The van der Waals surface area contributed by atoms with E-state index in [4.69, 9.17) is 14.7 Å². The quantitative estimate of drug-likeness (QED) is 0.661. The van der Waals surface area contributed by atoms with E-state index in [1.165, 1.54) is 0 Å². The van der Waals surface area contributed by atoms with Crippen molar-refractivity contribution in [1.29, 1.82) is 5.26 Å². The molecule has 2 aromatic carbocycles. The number of hydrogen-bond acceptors (Lipinski definition) is 4. The maximum Gasteiger partial charge on any atom is 0.148 e. The third-order valence-electron chi connectivity index (χ3n) is 3.68. The number of imidazole rings is 1. The van der Waals surface area contributed by atoms with Crippen LogP contribution in [-0.4, -0.2) is 16.2 Å². The summed E-state index contributed by atoms with van der Waals surface area (Å²) in [6.07, 6.45) is 0.441. The van der Waals surface area contributed by atoms with Crippen LogP contribution in [0.15, 0.2) is 48.5 Å². The molecule has 3 rings (SSSR count). The molecule has 122 valence electrons. The first-order chi connectivity index (χ1) is 11.8. The molecule has 0 N–H and O–H groups in total. The molecular weight excluding hydrogens is 302 g/mol. The number of hydrogen-bond donors (Lipinski definition) is 0. The van der Waals surface area contributed by atoms with Crippen molar-refractivity contribution >= 4 is 11.0 Å². The minimum atomic E-state index is 0.355. The third kappa shape index (κ3) is 3.49. The highest BCUT2D eigenvalue weighted by atomic mass is 16.5. The van der Waals surface area contributed by atoms with Gasteiger partial charge in [-0.05, 0) is 43.3 Å². The fourth-order valence-corrected chi connectivity index (χ4v) is 2.59. The van der Waals surface area contributed by atoms with Crippen LogP contribution >= 0.6 is 0 Å². The Balaban J connectivity index is 1.77. The van der Waals surface area contributed by atoms with Gasteiger partial charge in [0.2, 0.25) is 0 Å². The zero-order chi connectivity index (χ0) is 16.8. The first-order valence-electron chi connectivity index (χ1n) is 7.98. The number of benzene rings is 2. The van der Waals surface area contributed by atoms with Crippen LogP contribution in [0.2, 0.25) is 0 Å². The van der Waals surface area contributed by atoms with Crippen molar-refractivity contribution in [3.8, 4) is 17.6 Å². The van der Waals surface area contributed by atoms with Crippen molar-refractivity contribution in [1.82, 2.24) is 9.55 Å². The Bertz CT molecular complexity index is 847. The normalized spacial score (nSPS) is 10.5. The largest absolute Gasteiger partial charge is 0.494 e. The van der Waals surface area contributed by atoms with Crippen molar-refractivity contribution in [2.24, 2.45) is 0 Å². The molecule has 0 fully saturated rings. The molecule has 0 aliphatic heterocycles. The summed E-state index contributed by atoms with van der Waals surface area (Å²) in [6.45, 7) is 3.56. The summed E-state index contributed by atoms with van der Waals surface area (Å²) in [5.41, 5.74) is 1.94. The van der Waals surface area contributed by atoms with Gasteiger partial charge in [0.05, 0.1) is 30.1 Å². The molecule has 0 amide bonds. The van der Waals surface area contributed by atoms with Crippen LogP contribution in [0.25, 0.3) is 11.0 Å². The van der Waals surface area contributed by atoms with E-state index < -0.39 is 0 Å².